The summed E-state index contributed by atoms with van der Waals surface area (Å²) < 4.78 is 13.1. The van der Waals surface area contributed by atoms with Crippen molar-refractivity contribution in [2.45, 2.75) is 51.9 Å². The van der Waals surface area contributed by atoms with Crippen LogP contribution in [0.5, 0.6) is 0 Å². The van der Waals surface area contributed by atoms with Gasteiger partial charge in [0.2, 0.25) is 0 Å². The number of hydrogen-bond donors (Lipinski definition) is 1. The lowest BCUT2D eigenvalue weighted by atomic mass is 9.93. The van der Waals surface area contributed by atoms with Crippen molar-refractivity contribution in [3.8, 4) is 0 Å². The molecule has 0 saturated heterocycles. The maximum Gasteiger partial charge on any atom is 0.123 e. The molecule has 0 aliphatic heterocycles. The minimum absolute atomic E-state index is 0.147. The molecule has 1 atom stereocenters. The molecule has 0 fully saturated rings. The smallest absolute Gasteiger partial charge is 0.123 e. The summed E-state index contributed by atoms with van der Waals surface area (Å²) in [6.45, 7) is 2.93. The molecular formula is C16H26FN. The van der Waals surface area contributed by atoms with Crippen LogP contribution in [-0.4, -0.2) is 6.54 Å². The lowest BCUT2D eigenvalue weighted by molar-refractivity contribution is 0.457. The van der Waals surface area contributed by atoms with E-state index in [1.54, 1.807) is 12.1 Å². The number of rotatable bonds is 9. The average molecular weight is 251 g/mol. The standard InChI is InChI=1S/C16H26FN/c1-2-3-4-5-6-8-15(13-18)11-14-9-7-10-16(17)12-14/h7,9-10,12,15H,2-6,8,11,13,18H2,1H3. The van der Waals surface area contributed by atoms with Crippen molar-refractivity contribution >= 4 is 0 Å². The molecule has 1 unspecified atom stereocenters. The van der Waals surface area contributed by atoms with Gasteiger partial charge in [-0.3, -0.25) is 0 Å². The van der Waals surface area contributed by atoms with Crippen molar-refractivity contribution in [1.82, 2.24) is 0 Å². The van der Waals surface area contributed by atoms with Crippen molar-refractivity contribution in [2.75, 3.05) is 6.54 Å². The number of hydrogen-bond acceptors (Lipinski definition) is 1. The van der Waals surface area contributed by atoms with E-state index >= 15 is 0 Å². The fourth-order valence-corrected chi connectivity index (χ4v) is 2.34. The molecule has 0 amide bonds. The van der Waals surface area contributed by atoms with Gasteiger partial charge in [-0.2, -0.15) is 0 Å². The van der Waals surface area contributed by atoms with Gasteiger partial charge in [-0.25, -0.2) is 4.39 Å². The highest BCUT2D eigenvalue weighted by molar-refractivity contribution is 5.16. The molecule has 1 aromatic carbocycles. The molecule has 18 heavy (non-hydrogen) atoms. The molecule has 0 aliphatic carbocycles. The normalized spacial score (nSPS) is 12.6. The van der Waals surface area contributed by atoms with Crippen molar-refractivity contribution < 1.29 is 4.39 Å². The highest BCUT2D eigenvalue weighted by Gasteiger charge is 2.08. The third-order valence-electron chi connectivity index (χ3n) is 3.46. The second-order valence-corrected chi connectivity index (χ2v) is 5.14. The first-order chi connectivity index (χ1) is 8.76. The predicted octanol–water partition coefficient (Wildman–Crippen LogP) is 4.30. The summed E-state index contributed by atoms with van der Waals surface area (Å²) in [5.74, 6) is 0.347. The Balaban J connectivity index is 2.28. The molecule has 0 saturated carbocycles. The summed E-state index contributed by atoms with van der Waals surface area (Å²) in [6, 6.07) is 6.88. The number of unbranched alkanes of at least 4 members (excludes halogenated alkanes) is 4. The zero-order chi connectivity index (χ0) is 13.2. The Bertz CT molecular complexity index is 325. The monoisotopic (exact) mass is 251 g/mol. The summed E-state index contributed by atoms with van der Waals surface area (Å²) in [5.41, 5.74) is 6.87. The van der Waals surface area contributed by atoms with Gasteiger partial charge in [-0.05, 0) is 43.0 Å². The topological polar surface area (TPSA) is 26.0 Å². The van der Waals surface area contributed by atoms with E-state index in [9.17, 15) is 4.39 Å². The molecule has 0 spiro atoms. The van der Waals surface area contributed by atoms with Crippen molar-refractivity contribution in [1.29, 1.82) is 0 Å². The van der Waals surface area contributed by atoms with Crippen molar-refractivity contribution in [3.63, 3.8) is 0 Å². The van der Waals surface area contributed by atoms with Gasteiger partial charge >= 0.3 is 0 Å². The van der Waals surface area contributed by atoms with E-state index in [2.05, 4.69) is 6.92 Å². The summed E-state index contributed by atoms with van der Waals surface area (Å²) in [4.78, 5) is 0. The Kier molecular flexibility index (Phi) is 7.66. The van der Waals surface area contributed by atoms with E-state index in [0.717, 1.165) is 18.4 Å². The first kappa shape index (κ1) is 15.2. The fraction of sp³-hybridized carbons (Fsp3) is 0.625. The molecule has 2 heteroatoms. The number of benzene rings is 1. The molecule has 0 aliphatic rings. The van der Waals surface area contributed by atoms with Crippen LogP contribution >= 0.6 is 0 Å². The van der Waals surface area contributed by atoms with Crippen LogP contribution in [0.1, 0.15) is 51.0 Å². The van der Waals surface area contributed by atoms with E-state index in [0.29, 0.717) is 12.5 Å². The minimum Gasteiger partial charge on any atom is -0.330 e. The Morgan fingerprint density at radius 1 is 1.17 bits per heavy atom. The molecular weight excluding hydrogens is 225 g/mol. The zero-order valence-corrected chi connectivity index (χ0v) is 11.5. The minimum atomic E-state index is -0.147. The van der Waals surface area contributed by atoms with Crippen LogP contribution in [0.25, 0.3) is 0 Å². The molecule has 1 nitrogen and oxygen atoms in total. The van der Waals surface area contributed by atoms with Gasteiger partial charge in [0.1, 0.15) is 5.82 Å². The molecule has 1 rings (SSSR count). The Morgan fingerprint density at radius 2 is 1.94 bits per heavy atom. The van der Waals surface area contributed by atoms with Gasteiger partial charge < -0.3 is 5.73 Å². The van der Waals surface area contributed by atoms with Crippen LogP contribution < -0.4 is 5.73 Å². The second-order valence-electron chi connectivity index (χ2n) is 5.14. The summed E-state index contributed by atoms with van der Waals surface area (Å²) >= 11 is 0. The van der Waals surface area contributed by atoms with E-state index in [4.69, 9.17) is 5.73 Å². The predicted molar refractivity (Wildman–Crippen MR) is 76.0 cm³/mol. The van der Waals surface area contributed by atoms with Gasteiger partial charge in [0.15, 0.2) is 0 Å². The van der Waals surface area contributed by atoms with E-state index < -0.39 is 0 Å². The van der Waals surface area contributed by atoms with E-state index in [-0.39, 0.29) is 5.82 Å². The number of halogens is 1. The molecule has 2 N–H and O–H groups in total. The second kappa shape index (κ2) is 9.09. The highest BCUT2D eigenvalue weighted by Crippen LogP contribution is 2.16. The van der Waals surface area contributed by atoms with Crippen LogP contribution in [0.3, 0.4) is 0 Å². The highest BCUT2D eigenvalue weighted by atomic mass is 19.1. The molecule has 0 radical (unpaired) electrons. The van der Waals surface area contributed by atoms with Gasteiger partial charge in [0.05, 0.1) is 0 Å². The third kappa shape index (κ3) is 6.15. The van der Waals surface area contributed by atoms with Gasteiger partial charge in [0.25, 0.3) is 0 Å². The Morgan fingerprint density at radius 3 is 2.61 bits per heavy atom. The molecule has 0 heterocycles. The summed E-state index contributed by atoms with van der Waals surface area (Å²) in [6.07, 6.45) is 8.55. The van der Waals surface area contributed by atoms with E-state index in [1.165, 1.54) is 38.2 Å². The summed E-state index contributed by atoms with van der Waals surface area (Å²) in [7, 11) is 0. The first-order valence-electron chi connectivity index (χ1n) is 7.20. The van der Waals surface area contributed by atoms with Gasteiger partial charge in [-0.1, -0.05) is 51.2 Å². The lowest BCUT2D eigenvalue weighted by Crippen LogP contribution is -2.17. The lowest BCUT2D eigenvalue weighted by Gasteiger charge is -2.14. The Labute approximate surface area is 111 Å². The molecule has 102 valence electrons. The third-order valence-corrected chi connectivity index (χ3v) is 3.46. The van der Waals surface area contributed by atoms with Crippen LogP contribution in [0.15, 0.2) is 24.3 Å². The van der Waals surface area contributed by atoms with Crippen molar-refractivity contribution in [3.05, 3.63) is 35.6 Å². The van der Waals surface area contributed by atoms with Gasteiger partial charge in [0, 0.05) is 0 Å². The molecule has 0 aromatic heterocycles. The average Bonchev–Trinajstić information content (AvgIpc) is 2.37. The summed E-state index contributed by atoms with van der Waals surface area (Å²) in [5, 5.41) is 0. The SMILES string of the molecule is CCCCCCCC(CN)Cc1cccc(F)c1. The van der Waals surface area contributed by atoms with Crippen LogP contribution in [0.4, 0.5) is 4.39 Å². The first-order valence-corrected chi connectivity index (χ1v) is 7.20. The Hall–Kier alpha value is -0.890. The maximum atomic E-state index is 13.1. The molecule has 0 bridgehead atoms. The van der Waals surface area contributed by atoms with Crippen LogP contribution in [-0.2, 0) is 6.42 Å². The van der Waals surface area contributed by atoms with Gasteiger partial charge in [-0.15, -0.1) is 0 Å². The maximum absolute atomic E-state index is 13.1. The quantitative estimate of drug-likeness (QED) is 0.650. The van der Waals surface area contributed by atoms with Crippen LogP contribution in [0.2, 0.25) is 0 Å². The zero-order valence-electron chi connectivity index (χ0n) is 11.5. The van der Waals surface area contributed by atoms with Crippen molar-refractivity contribution in [2.24, 2.45) is 11.7 Å². The largest absolute Gasteiger partial charge is 0.330 e. The fourth-order valence-electron chi connectivity index (χ4n) is 2.34. The van der Waals surface area contributed by atoms with E-state index in [1.807, 2.05) is 6.07 Å². The number of nitrogens with two attached hydrogens (primary N) is 1. The van der Waals surface area contributed by atoms with Crippen LogP contribution in [0, 0.1) is 11.7 Å². The molecule has 1 aromatic rings.